The average molecular weight is 205 g/mol. The largest absolute Gasteiger partial charge is 0.346 e. The van der Waals surface area contributed by atoms with Crippen LogP contribution in [-0.2, 0) is 9.47 Å². The predicted octanol–water partition coefficient (Wildman–Crippen LogP) is 1.59. The van der Waals surface area contributed by atoms with E-state index in [0.29, 0.717) is 0 Å². The van der Waals surface area contributed by atoms with Gasteiger partial charge < -0.3 is 9.47 Å². The molecule has 0 aromatic rings. The van der Waals surface area contributed by atoms with Crippen LogP contribution in [0.3, 0.4) is 0 Å². The van der Waals surface area contributed by atoms with Crippen LogP contribution in [0.15, 0.2) is 0 Å². The highest BCUT2D eigenvalue weighted by Crippen LogP contribution is 2.41. The summed E-state index contributed by atoms with van der Waals surface area (Å²) in [6.07, 6.45) is -0.155. The molecule has 0 bridgehead atoms. The lowest BCUT2D eigenvalue weighted by molar-refractivity contribution is -0.238. The Kier molecular flexibility index (Phi) is 3.40. The lowest BCUT2D eigenvalue weighted by Gasteiger charge is -2.39. The maximum Gasteiger partial charge on any atom is 0.191 e. The molecule has 0 N–H and O–H groups in total. The van der Waals surface area contributed by atoms with E-state index in [1.165, 1.54) is 6.92 Å². The van der Waals surface area contributed by atoms with E-state index < -0.39 is 24.6 Å². The van der Waals surface area contributed by atoms with Crippen LogP contribution in [0.25, 0.3) is 0 Å². The molecule has 0 unspecified atom stereocenters. The molecule has 0 spiro atoms. The summed E-state index contributed by atoms with van der Waals surface area (Å²) in [6, 6.07) is 1.84. The third kappa shape index (κ3) is 1.60. The van der Waals surface area contributed by atoms with Crippen molar-refractivity contribution in [3.63, 3.8) is 0 Å². The van der Waals surface area contributed by atoms with Crippen molar-refractivity contribution in [3.05, 3.63) is 0 Å². The standard InChI is InChI=1S/C9H13F2NO2/c1-8(6-10,7-11)9(2-3-12)13-4-5-14-9/h2,4-7H2,1H3. The molecule has 1 fully saturated rings. The molecule has 0 atom stereocenters. The van der Waals surface area contributed by atoms with E-state index in [1.54, 1.807) is 0 Å². The van der Waals surface area contributed by atoms with Gasteiger partial charge in [0.05, 0.1) is 31.1 Å². The smallest absolute Gasteiger partial charge is 0.191 e. The quantitative estimate of drug-likeness (QED) is 0.699. The number of nitrogens with zero attached hydrogens (tertiary/aromatic N) is 1. The summed E-state index contributed by atoms with van der Waals surface area (Å²) in [6.45, 7) is 0.112. The van der Waals surface area contributed by atoms with E-state index in [1.807, 2.05) is 6.07 Å². The van der Waals surface area contributed by atoms with Crippen LogP contribution < -0.4 is 0 Å². The maximum absolute atomic E-state index is 12.8. The number of nitriles is 1. The first-order valence-corrected chi connectivity index (χ1v) is 4.41. The second-order valence-corrected chi connectivity index (χ2v) is 3.61. The van der Waals surface area contributed by atoms with E-state index in [0.717, 1.165) is 0 Å². The van der Waals surface area contributed by atoms with Crippen molar-refractivity contribution in [2.45, 2.75) is 19.1 Å². The van der Waals surface area contributed by atoms with Crippen LogP contribution in [-0.4, -0.2) is 32.4 Å². The van der Waals surface area contributed by atoms with E-state index in [2.05, 4.69) is 0 Å². The van der Waals surface area contributed by atoms with Crippen molar-refractivity contribution < 1.29 is 18.3 Å². The SMILES string of the molecule is CC(CF)(CF)C1(CC#N)OCCO1. The molecule has 0 saturated carbocycles. The highest BCUT2D eigenvalue weighted by molar-refractivity contribution is 4.98. The number of alkyl halides is 2. The van der Waals surface area contributed by atoms with E-state index in [4.69, 9.17) is 14.7 Å². The molecule has 3 nitrogen and oxygen atoms in total. The highest BCUT2D eigenvalue weighted by Gasteiger charge is 2.53. The summed E-state index contributed by atoms with van der Waals surface area (Å²) < 4.78 is 35.9. The molecule has 1 saturated heterocycles. The summed E-state index contributed by atoms with van der Waals surface area (Å²) in [5.74, 6) is -1.41. The molecule has 0 radical (unpaired) electrons. The van der Waals surface area contributed by atoms with Crippen molar-refractivity contribution in [1.82, 2.24) is 0 Å². The molecular weight excluding hydrogens is 192 g/mol. The maximum atomic E-state index is 12.8. The van der Waals surface area contributed by atoms with Crippen LogP contribution >= 0.6 is 0 Å². The number of hydrogen-bond donors (Lipinski definition) is 0. The van der Waals surface area contributed by atoms with Crippen LogP contribution in [0.5, 0.6) is 0 Å². The highest BCUT2D eigenvalue weighted by atomic mass is 19.1. The van der Waals surface area contributed by atoms with E-state index in [-0.39, 0.29) is 19.6 Å². The third-order valence-corrected chi connectivity index (χ3v) is 2.58. The third-order valence-electron chi connectivity index (χ3n) is 2.58. The Morgan fingerprint density at radius 2 is 1.86 bits per heavy atom. The average Bonchev–Trinajstić information content (AvgIpc) is 2.67. The van der Waals surface area contributed by atoms with Gasteiger partial charge in [0.1, 0.15) is 13.3 Å². The minimum Gasteiger partial charge on any atom is -0.346 e. The van der Waals surface area contributed by atoms with Gasteiger partial charge in [0.2, 0.25) is 0 Å². The van der Waals surface area contributed by atoms with Crippen molar-refractivity contribution in [2.24, 2.45) is 5.41 Å². The number of ether oxygens (including phenoxy) is 2. The van der Waals surface area contributed by atoms with Gasteiger partial charge in [0.25, 0.3) is 0 Å². The monoisotopic (exact) mass is 205 g/mol. The molecular formula is C9H13F2NO2. The fourth-order valence-corrected chi connectivity index (χ4v) is 1.46. The molecule has 14 heavy (non-hydrogen) atoms. The Balaban J connectivity index is 2.91. The van der Waals surface area contributed by atoms with Crippen molar-refractivity contribution in [1.29, 1.82) is 5.26 Å². The minimum absolute atomic E-state index is 0.155. The first-order chi connectivity index (χ1) is 6.64. The van der Waals surface area contributed by atoms with Gasteiger partial charge in [-0.15, -0.1) is 0 Å². The van der Waals surface area contributed by atoms with Gasteiger partial charge in [-0.25, -0.2) is 0 Å². The molecule has 0 aromatic carbocycles. The Labute approximate surface area is 81.6 Å². The van der Waals surface area contributed by atoms with Gasteiger partial charge in [-0.1, -0.05) is 0 Å². The Morgan fingerprint density at radius 3 is 2.21 bits per heavy atom. The van der Waals surface area contributed by atoms with Crippen LogP contribution in [0, 0.1) is 16.7 Å². The molecule has 80 valence electrons. The van der Waals surface area contributed by atoms with Gasteiger partial charge >= 0.3 is 0 Å². The summed E-state index contributed by atoms with van der Waals surface area (Å²) in [5, 5.41) is 8.59. The molecule has 5 heteroatoms. The van der Waals surface area contributed by atoms with Crippen LogP contribution in [0.1, 0.15) is 13.3 Å². The Bertz CT molecular complexity index is 229. The molecule has 1 heterocycles. The zero-order valence-corrected chi connectivity index (χ0v) is 8.06. The topological polar surface area (TPSA) is 42.2 Å². The second-order valence-electron chi connectivity index (χ2n) is 3.61. The van der Waals surface area contributed by atoms with Crippen molar-refractivity contribution in [2.75, 3.05) is 26.6 Å². The fourth-order valence-electron chi connectivity index (χ4n) is 1.46. The summed E-state index contributed by atoms with van der Waals surface area (Å²) in [5.41, 5.74) is -1.39. The number of halogens is 2. The minimum atomic E-state index is -1.41. The first kappa shape index (κ1) is 11.3. The van der Waals surface area contributed by atoms with Crippen LogP contribution in [0.4, 0.5) is 8.78 Å². The molecule has 1 aliphatic heterocycles. The number of rotatable bonds is 4. The normalized spacial score (nSPS) is 20.7. The lowest BCUT2D eigenvalue weighted by Crippen LogP contribution is -2.50. The Morgan fingerprint density at radius 1 is 1.36 bits per heavy atom. The van der Waals surface area contributed by atoms with Crippen molar-refractivity contribution >= 4 is 0 Å². The molecule has 0 aromatic heterocycles. The zero-order chi connectivity index (χ0) is 10.7. The summed E-state index contributed by atoms with van der Waals surface area (Å²) in [7, 11) is 0. The van der Waals surface area contributed by atoms with Gasteiger partial charge in [-0.3, -0.25) is 8.78 Å². The first-order valence-electron chi connectivity index (χ1n) is 4.41. The van der Waals surface area contributed by atoms with Crippen LogP contribution in [0.2, 0.25) is 0 Å². The van der Waals surface area contributed by atoms with E-state index in [9.17, 15) is 8.78 Å². The zero-order valence-electron chi connectivity index (χ0n) is 8.06. The van der Waals surface area contributed by atoms with Gasteiger partial charge in [0, 0.05) is 0 Å². The fraction of sp³-hybridized carbons (Fsp3) is 0.889. The molecule has 1 rings (SSSR count). The summed E-state index contributed by atoms with van der Waals surface area (Å²) >= 11 is 0. The molecule has 0 amide bonds. The second kappa shape index (κ2) is 4.20. The number of hydrogen-bond acceptors (Lipinski definition) is 3. The Hall–Kier alpha value is -0.730. The van der Waals surface area contributed by atoms with E-state index >= 15 is 0 Å². The van der Waals surface area contributed by atoms with Gasteiger partial charge in [-0.2, -0.15) is 5.26 Å². The summed E-state index contributed by atoms with van der Waals surface area (Å²) in [4.78, 5) is 0. The predicted molar refractivity (Wildman–Crippen MR) is 44.9 cm³/mol. The molecule has 1 aliphatic rings. The van der Waals surface area contributed by atoms with Crippen molar-refractivity contribution in [3.8, 4) is 6.07 Å². The molecule has 0 aliphatic carbocycles. The van der Waals surface area contributed by atoms with Gasteiger partial charge in [0.15, 0.2) is 5.79 Å². The van der Waals surface area contributed by atoms with Gasteiger partial charge in [-0.05, 0) is 6.92 Å². The lowest BCUT2D eigenvalue weighted by atomic mass is 9.82.